The molecule has 0 bridgehead atoms. The predicted molar refractivity (Wildman–Crippen MR) is 65.5 cm³/mol. The molecule has 0 heterocycles. The molecule has 0 atom stereocenters. The Kier molecular flexibility index (Phi) is 21.5. The molecule has 18 heavy (non-hydrogen) atoms. The van der Waals surface area contributed by atoms with Gasteiger partial charge in [-0.2, -0.15) is 42.3 Å². The number of hydrogen-bond donors (Lipinski definition) is 0. The molecule has 0 aliphatic carbocycles. The Morgan fingerprint density at radius 3 is 1.61 bits per heavy atom. The minimum atomic E-state index is 0. The van der Waals surface area contributed by atoms with Crippen molar-refractivity contribution in [2.24, 2.45) is 0 Å². The SMILES string of the molecule is [C-]#[O+].[C-]#[O+].[CH2-]c1ccccc1C.[Fe+6].c1cc[cH-]c1. The van der Waals surface area contributed by atoms with Crippen LogP contribution < -0.4 is 0 Å². The summed E-state index contributed by atoms with van der Waals surface area (Å²) in [4.78, 5) is 0. The Hall–Kier alpha value is -1.56. The Balaban J connectivity index is -0.000000196. The van der Waals surface area contributed by atoms with Crippen LogP contribution in [0, 0.1) is 27.1 Å². The van der Waals surface area contributed by atoms with E-state index in [4.69, 9.17) is 9.30 Å². The summed E-state index contributed by atoms with van der Waals surface area (Å²) < 4.78 is 15.0. The molecular weight excluding hydrogens is 268 g/mol. The maximum atomic E-state index is 7.50. The van der Waals surface area contributed by atoms with Crippen molar-refractivity contribution in [3.05, 3.63) is 85.9 Å². The van der Waals surface area contributed by atoms with Crippen LogP contribution in [0.4, 0.5) is 0 Å². The summed E-state index contributed by atoms with van der Waals surface area (Å²) in [7, 11) is 0. The monoisotopic (exact) mass is 282 g/mol. The molecule has 3 heteroatoms. The molecule has 0 fully saturated rings. The van der Waals surface area contributed by atoms with Crippen molar-refractivity contribution in [2.75, 3.05) is 0 Å². The molecule has 2 aromatic rings. The molecule has 0 saturated heterocycles. The summed E-state index contributed by atoms with van der Waals surface area (Å²) in [5, 5.41) is 0. The summed E-state index contributed by atoms with van der Waals surface area (Å²) in [5.41, 5.74) is 2.38. The second-order valence-electron chi connectivity index (χ2n) is 2.89. The fourth-order valence-electron chi connectivity index (χ4n) is 0.931. The van der Waals surface area contributed by atoms with Crippen LogP contribution in [0.15, 0.2) is 54.6 Å². The van der Waals surface area contributed by atoms with Gasteiger partial charge in [-0.05, 0) is 0 Å². The Morgan fingerprint density at radius 2 is 1.39 bits per heavy atom. The predicted octanol–water partition coefficient (Wildman–Crippen LogP) is 3.51. The maximum Gasteiger partial charge on any atom is 6.00 e. The molecule has 0 aromatic heterocycles. The molecule has 0 amide bonds. The van der Waals surface area contributed by atoms with Gasteiger partial charge >= 0.3 is 39.7 Å². The van der Waals surface area contributed by atoms with Gasteiger partial charge in [0.15, 0.2) is 0 Å². The van der Waals surface area contributed by atoms with Crippen LogP contribution in [0.2, 0.25) is 0 Å². The van der Waals surface area contributed by atoms with Crippen molar-refractivity contribution >= 4 is 0 Å². The zero-order valence-electron chi connectivity index (χ0n) is 10.1. The fourth-order valence-corrected chi connectivity index (χ4v) is 0.931. The van der Waals surface area contributed by atoms with Gasteiger partial charge < -0.3 is 0 Å². The van der Waals surface area contributed by atoms with Crippen LogP contribution in [-0.2, 0) is 26.4 Å². The molecule has 0 unspecified atom stereocenters. The third-order valence-corrected chi connectivity index (χ3v) is 1.82. The third-order valence-electron chi connectivity index (χ3n) is 1.82. The quantitative estimate of drug-likeness (QED) is 0.403. The third kappa shape index (κ3) is 12.5. The smallest absolute Gasteiger partial charge is 0.214 e. The molecule has 0 radical (unpaired) electrons. The van der Waals surface area contributed by atoms with E-state index in [9.17, 15) is 0 Å². The van der Waals surface area contributed by atoms with E-state index in [0.29, 0.717) is 0 Å². The van der Waals surface area contributed by atoms with Crippen molar-refractivity contribution in [3.63, 3.8) is 0 Å². The van der Waals surface area contributed by atoms with Crippen molar-refractivity contribution in [3.8, 4) is 0 Å². The van der Waals surface area contributed by atoms with Gasteiger partial charge in [0.1, 0.15) is 0 Å². The Bertz CT molecular complexity index is 358. The van der Waals surface area contributed by atoms with Gasteiger partial charge in [-0.15, -0.1) is 12.1 Å². The summed E-state index contributed by atoms with van der Waals surface area (Å²) in [5.74, 6) is 0. The second kappa shape index (κ2) is 17.8. The van der Waals surface area contributed by atoms with Crippen LogP contribution >= 0.6 is 0 Å². The van der Waals surface area contributed by atoms with Crippen molar-refractivity contribution in [1.29, 1.82) is 0 Å². The van der Waals surface area contributed by atoms with Gasteiger partial charge in [-0.1, -0.05) is 13.0 Å². The van der Waals surface area contributed by atoms with Crippen LogP contribution in [-0.4, -0.2) is 0 Å². The standard InChI is InChI=1S/C8H9.C5H5.2CO.Fe/c1-7-5-3-4-6-8(7)2;1-2-4-5-3-1;2*1-2;/h3-6H,1H2,2H3;1-5H;;;/q2*-1;;;+6. The molecule has 0 aliphatic heterocycles. The summed E-state index contributed by atoms with van der Waals surface area (Å²) in [6.07, 6.45) is 0. The normalized spacial score (nSPS) is 6.50. The molecule has 2 aromatic carbocycles. The second-order valence-corrected chi connectivity index (χ2v) is 2.89. The molecule has 90 valence electrons. The fraction of sp³-hybridized carbons (Fsp3) is 0.0667. The van der Waals surface area contributed by atoms with Gasteiger partial charge in [0, 0.05) is 0 Å². The van der Waals surface area contributed by atoms with E-state index in [2.05, 4.69) is 33.2 Å². The van der Waals surface area contributed by atoms with Crippen molar-refractivity contribution < 1.29 is 26.4 Å². The summed E-state index contributed by atoms with van der Waals surface area (Å²) in [6.45, 7) is 14.9. The number of benzene rings is 1. The summed E-state index contributed by atoms with van der Waals surface area (Å²) >= 11 is 0. The Labute approximate surface area is 119 Å². The summed E-state index contributed by atoms with van der Waals surface area (Å²) in [6, 6.07) is 18.1. The van der Waals surface area contributed by atoms with Crippen LogP contribution in [0.5, 0.6) is 0 Å². The Morgan fingerprint density at radius 1 is 0.944 bits per heavy atom. The van der Waals surface area contributed by atoms with Crippen LogP contribution in [0.3, 0.4) is 0 Å². The molecule has 2 nitrogen and oxygen atoms in total. The minimum absolute atomic E-state index is 0. The molecule has 0 spiro atoms. The van der Waals surface area contributed by atoms with Gasteiger partial charge in [0.25, 0.3) is 0 Å². The van der Waals surface area contributed by atoms with E-state index < -0.39 is 0 Å². The molecule has 0 saturated carbocycles. The number of rotatable bonds is 0. The molecular formula is C15H14FeO2+4. The maximum absolute atomic E-state index is 7.50. The van der Waals surface area contributed by atoms with Gasteiger partial charge in [-0.3, -0.25) is 0 Å². The first-order chi connectivity index (χ1) is 8.30. The van der Waals surface area contributed by atoms with Crippen LogP contribution in [0.1, 0.15) is 11.1 Å². The average Bonchev–Trinajstić information content (AvgIpc) is 2.97. The first-order valence-corrected chi connectivity index (χ1v) is 4.76. The minimum Gasteiger partial charge on any atom is -0.214 e. The average molecular weight is 282 g/mol. The zero-order chi connectivity index (χ0) is 13.5. The molecule has 0 aliphatic rings. The van der Waals surface area contributed by atoms with E-state index in [1.807, 2.05) is 48.5 Å². The van der Waals surface area contributed by atoms with Crippen LogP contribution in [0.25, 0.3) is 0 Å². The number of aryl methyl sites for hydroxylation is 1. The first kappa shape index (κ1) is 21.7. The largest absolute Gasteiger partial charge is 6.00 e. The van der Waals surface area contributed by atoms with E-state index in [1.54, 1.807) is 0 Å². The van der Waals surface area contributed by atoms with Gasteiger partial charge in [-0.25, -0.2) is 12.1 Å². The van der Waals surface area contributed by atoms with E-state index >= 15 is 0 Å². The van der Waals surface area contributed by atoms with Crippen molar-refractivity contribution in [1.82, 2.24) is 0 Å². The van der Waals surface area contributed by atoms with E-state index in [0.717, 1.165) is 5.56 Å². The zero-order valence-corrected chi connectivity index (χ0v) is 11.2. The number of hydrogen-bond acceptors (Lipinski definition) is 0. The molecule has 2 rings (SSSR count). The topological polar surface area (TPSA) is 39.8 Å². The molecule has 0 N–H and O–H groups in total. The first-order valence-electron chi connectivity index (χ1n) is 4.76. The van der Waals surface area contributed by atoms with E-state index in [1.165, 1.54) is 5.56 Å². The van der Waals surface area contributed by atoms with Gasteiger partial charge in [0.05, 0.1) is 0 Å². The van der Waals surface area contributed by atoms with Gasteiger partial charge in [0.2, 0.25) is 0 Å². The van der Waals surface area contributed by atoms with Crippen molar-refractivity contribution in [2.45, 2.75) is 6.92 Å². The van der Waals surface area contributed by atoms with E-state index in [-0.39, 0.29) is 17.1 Å².